The average Bonchev–Trinajstić information content (AvgIpc) is 2.69. The zero-order chi connectivity index (χ0) is 20.5. The number of hydrogen-bond donors (Lipinski definition) is 0. The molecule has 0 atom stereocenters. The Balaban J connectivity index is 1.91. The second-order valence-electron chi connectivity index (χ2n) is 6.94. The normalized spacial score (nSPS) is 11.0. The van der Waals surface area contributed by atoms with Crippen LogP contribution in [0.25, 0.3) is 22.3 Å². The van der Waals surface area contributed by atoms with Crippen LogP contribution >= 0.6 is 27.5 Å². The van der Waals surface area contributed by atoms with Gasteiger partial charge in [-0.15, -0.1) is 0 Å². The molecule has 0 aliphatic rings. The van der Waals surface area contributed by atoms with Gasteiger partial charge in [0.05, 0.1) is 10.4 Å². The van der Waals surface area contributed by atoms with E-state index in [0.29, 0.717) is 27.3 Å². The van der Waals surface area contributed by atoms with Crippen LogP contribution in [0.3, 0.4) is 0 Å². The molecule has 4 aromatic rings. The number of rotatable bonds is 4. The van der Waals surface area contributed by atoms with Gasteiger partial charge in [-0.3, -0.25) is 4.79 Å². The van der Waals surface area contributed by atoms with Crippen LogP contribution < -0.4 is 10.2 Å². The molecule has 5 heteroatoms. The summed E-state index contributed by atoms with van der Waals surface area (Å²) < 4.78 is 13.2. The quantitative estimate of drug-likeness (QED) is 0.321. The third kappa shape index (κ3) is 3.96. The zero-order valence-corrected chi connectivity index (χ0v) is 18.3. The maximum atomic E-state index is 13.4. The first-order chi connectivity index (χ1) is 13.9. The van der Waals surface area contributed by atoms with Gasteiger partial charge in [-0.05, 0) is 60.9 Å². The van der Waals surface area contributed by atoms with Crippen molar-refractivity contribution < 1.29 is 9.15 Å². The van der Waals surface area contributed by atoms with Gasteiger partial charge in [-0.1, -0.05) is 57.9 Å². The Morgan fingerprint density at radius 2 is 1.76 bits per heavy atom. The molecule has 0 spiro atoms. The minimum Gasteiger partial charge on any atom is -0.481 e. The molecule has 146 valence electrons. The highest BCUT2D eigenvalue weighted by molar-refractivity contribution is 9.10. The Morgan fingerprint density at radius 1 is 1.03 bits per heavy atom. The number of hydrogen-bond acceptors (Lipinski definition) is 3. The van der Waals surface area contributed by atoms with Gasteiger partial charge >= 0.3 is 0 Å². The van der Waals surface area contributed by atoms with E-state index in [1.54, 1.807) is 6.07 Å². The molecule has 3 nitrogen and oxygen atoms in total. The number of fused-ring (bicyclic) bond motifs is 1. The molecule has 0 unspecified atom stereocenters. The van der Waals surface area contributed by atoms with Crippen molar-refractivity contribution in [3.8, 4) is 17.1 Å². The molecular weight excluding hydrogens is 452 g/mol. The molecule has 0 bridgehead atoms. The predicted molar refractivity (Wildman–Crippen MR) is 121 cm³/mol. The van der Waals surface area contributed by atoms with E-state index in [-0.39, 0.29) is 17.8 Å². The lowest BCUT2D eigenvalue weighted by Gasteiger charge is -2.14. The van der Waals surface area contributed by atoms with Gasteiger partial charge in [-0.2, -0.15) is 0 Å². The van der Waals surface area contributed by atoms with Crippen LogP contribution in [-0.4, -0.2) is 0 Å². The Hall–Kier alpha value is -2.56. The summed E-state index contributed by atoms with van der Waals surface area (Å²) in [6.45, 7) is 4.12. The molecular formula is C24H18BrClO3. The number of halogens is 2. The van der Waals surface area contributed by atoms with Crippen molar-refractivity contribution in [3.63, 3.8) is 0 Å². The molecule has 0 fully saturated rings. The molecule has 4 rings (SSSR count). The van der Waals surface area contributed by atoms with Gasteiger partial charge in [0.25, 0.3) is 0 Å². The van der Waals surface area contributed by atoms with E-state index in [1.165, 1.54) is 0 Å². The monoisotopic (exact) mass is 468 g/mol. The van der Waals surface area contributed by atoms with Crippen molar-refractivity contribution in [2.45, 2.75) is 20.5 Å². The van der Waals surface area contributed by atoms with Crippen LogP contribution in [0, 0.1) is 13.8 Å². The van der Waals surface area contributed by atoms with E-state index in [4.69, 9.17) is 20.8 Å². The average molecular weight is 470 g/mol. The largest absolute Gasteiger partial charge is 0.481 e. The summed E-state index contributed by atoms with van der Waals surface area (Å²) >= 11 is 9.83. The molecule has 3 aromatic carbocycles. The second kappa shape index (κ2) is 8.05. The van der Waals surface area contributed by atoms with Gasteiger partial charge in [0.2, 0.25) is 11.2 Å². The molecule has 0 aliphatic carbocycles. The van der Waals surface area contributed by atoms with E-state index in [0.717, 1.165) is 21.2 Å². The fourth-order valence-corrected chi connectivity index (χ4v) is 3.81. The maximum absolute atomic E-state index is 13.4. The minimum atomic E-state index is -0.204. The standard InChI is InChI=1S/C24H18BrClO3/c1-14-11-15(2)22-19(12-14)21(27)24(28-13-16-7-9-17(25)10-8-16)23(29-22)18-5-3-4-6-20(18)26/h3-12H,13H2,1-2H3. The van der Waals surface area contributed by atoms with Gasteiger partial charge in [0, 0.05) is 10.0 Å². The summed E-state index contributed by atoms with van der Waals surface area (Å²) in [7, 11) is 0. The van der Waals surface area contributed by atoms with Crippen molar-refractivity contribution in [1.29, 1.82) is 0 Å². The second-order valence-corrected chi connectivity index (χ2v) is 8.27. The number of benzene rings is 3. The molecule has 1 aromatic heterocycles. The Morgan fingerprint density at radius 3 is 2.48 bits per heavy atom. The SMILES string of the molecule is Cc1cc(C)c2oc(-c3ccccc3Cl)c(OCc3ccc(Br)cc3)c(=O)c2c1. The van der Waals surface area contributed by atoms with Gasteiger partial charge in [0.15, 0.2) is 5.76 Å². The van der Waals surface area contributed by atoms with E-state index < -0.39 is 0 Å². The summed E-state index contributed by atoms with van der Waals surface area (Å²) in [6.07, 6.45) is 0. The van der Waals surface area contributed by atoms with Crippen LogP contribution in [-0.2, 0) is 6.61 Å². The van der Waals surface area contributed by atoms with E-state index in [9.17, 15) is 4.79 Å². The van der Waals surface area contributed by atoms with Crippen molar-refractivity contribution in [2.75, 3.05) is 0 Å². The van der Waals surface area contributed by atoms with Crippen molar-refractivity contribution in [2.24, 2.45) is 0 Å². The highest BCUT2D eigenvalue weighted by Crippen LogP contribution is 2.36. The van der Waals surface area contributed by atoms with E-state index >= 15 is 0 Å². The van der Waals surface area contributed by atoms with Crippen LogP contribution in [0.2, 0.25) is 5.02 Å². The Bertz CT molecular complexity index is 1260. The highest BCUT2D eigenvalue weighted by Gasteiger charge is 2.20. The number of ether oxygens (including phenoxy) is 1. The zero-order valence-electron chi connectivity index (χ0n) is 16.0. The Labute approximate surface area is 182 Å². The van der Waals surface area contributed by atoms with Gasteiger partial charge in [-0.25, -0.2) is 0 Å². The molecule has 0 N–H and O–H groups in total. The summed E-state index contributed by atoms with van der Waals surface area (Å²) in [6, 6.07) is 18.8. The first kappa shape index (κ1) is 19.7. The topological polar surface area (TPSA) is 39.4 Å². The first-order valence-corrected chi connectivity index (χ1v) is 10.3. The third-order valence-corrected chi connectivity index (χ3v) is 5.55. The molecule has 1 heterocycles. The molecule has 0 radical (unpaired) electrons. The predicted octanol–water partition coefficient (Wildman–Crippen LogP) is 7.07. The highest BCUT2D eigenvalue weighted by atomic mass is 79.9. The van der Waals surface area contributed by atoms with Gasteiger partial charge < -0.3 is 9.15 Å². The first-order valence-electron chi connectivity index (χ1n) is 9.14. The molecule has 29 heavy (non-hydrogen) atoms. The van der Waals surface area contributed by atoms with Gasteiger partial charge in [0.1, 0.15) is 12.2 Å². The van der Waals surface area contributed by atoms with E-state index in [1.807, 2.05) is 68.4 Å². The summed E-state index contributed by atoms with van der Waals surface area (Å²) in [5, 5.41) is 0.998. The number of aryl methyl sites for hydroxylation is 2. The lowest BCUT2D eigenvalue weighted by molar-refractivity contribution is 0.298. The van der Waals surface area contributed by atoms with Crippen LogP contribution in [0.4, 0.5) is 0 Å². The Kier molecular flexibility index (Phi) is 5.48. The smallest absolute Gasteiger partial charge is 0.235 e. The van der Waals surface area contributed by atoms with Crippen LogP contribution in [0.1, 0.15) is 16.7 Å². The van der Waals surface area contributed by atoms with Crippen LogP contribution in [0.15, 0.2) is 74.3 Å². The minimum absolute atomic E-state index is 0.165. The molecule has 0 saturated carbocycles. The molecule has 0 saturated heterocycles. The van der Waals surface area contributed by atoms with Crippen molar-refractivity contribution in [3.05, 3.63) is 97.1 Å². The molecule has 0 amide bonds. The van der Waals surface area contributed by atoms with Crippen LogP contribution in [0.5, 0.6) is 5.75 Å². The fraction of sp³-hybridized carbons (Fsp3) is 0.125. The van der Waals surface area contributed by atoms with E-state index in [2.05, 4.69) is 15.9 Å². The maximum Gasteiger partial charge on any atom is 0.235 e. The van der Waals surface area contributed by atoms with Crippen molar-refractivity contribution in [1.82, 2.24) is 0 Å². The molecule has 0 aliphatic heterocycles. The summed E-state index contributed by atoms with van der Waals surface area (Å²) in [4.78, 5) is 13.4. The summed E-state index contributed by atoms with van der Waals surface area (Å²) in [5.74, 6) is 0.510. The van der Waals surface area contributed by atoms with Crippen molar-refractivity contribution >= 4 is 38.5 Å². The fourth-order valence-electron chi connectivity index (χ4n) is 3.32. The lowest BCUT2D eigenvalue weighted by Crippen LogP contribution is -2.11. The lowest BCUT2D eigenvalue weighted by atomic mass is 10.1. The third-order valence-electron chi connectivity index (χ3n) is 4.70. The summed E-state index contributed by atoms with van der Waals surface area (Å²) in [5.41, 5.74) is 3.80.